The van der Waals surface area contributed by atoms with Crippen molar-refractivity contribution in [3.63, 3.8) is 0 Å². The number of benzene rings is 2. The van der Waals surface area contributed by atoms with Gasteiger partial charge in [0.25, 0.3) is 5.91 Å². The number of esters is 1. The van der Waals surface area contributed by atoms with Crippen LogP contribution in [0, 0.1) is 0 Å². The lowest BCUT2D eigenvalue weighted by Crippen LogP contribution is -2.81. The minimum absolute atomic E-state index is 0.0000277. The SMILES string of the molecule is CCOC(=O)NN1C(=O)[C@H](NC(=O)Cc2ccccc2)[C@@H]1[C@@H]1ON=C[C@@H](OC(=O)c2ccccc2)[C@]1(C)O. The van der Waals surface area contributed by atoms with E-state index < -0.39 is 53.8 Å². The van der Waals surface area contributed by atoms with Crippen molar-refractivity contribution in [2.45, 2.75) is 50.2 Å². The smallest absolute Gasteiger partial charge is 0.426 e. The highest BCUT2D eigenvalue weighted by molar-refractivity contribution is 5.95. The van der Waals surface area contributed by atoms with Crippen molar-refractivity contribution in [3.05, 3.63) is 71.8 Å². The second-order valence-electron chi connectivity index (χ2n) is 8.94. The molecule has 0 unspecified atom stereocenters. The van der Waals surface area contributed by atoms with Crippen molar-refractivity contribution in [3.8, 4) is 0 Å². The van der Waals surface area contributed by atoms with Gasteiger partial charge in [0, 0.05) is 0 Å². The molecule has 0 spiro atoms. The molecular formula is C26H28N4O8. The third kappa shape index (κ3) is 5.59. The Labute approximate surface area is 218 Å². The number of carbonyl (C=O) groups is 4. The fourth-order valence-corrected chi connectivity index (χ4v) is 4.26. The zero-order chi connectivity index (χ0) is 27.3. The first-order valence-electron chi connectivity index (χ1n) is 12.0. The van der Waals surface area contributed by atoms with Crippen LogP contribution in [-0.2, 0) is 30.3 Å². The van der Waals surface area contributed by atoms with Crippen molar-refractivity contribution in [2.75, 3.05) is 6.61 Å². The second-order valence-corrected chi connectivity index (χ2v) is 8.94. The normalized spacial score (nSPS) is 26.0. The van der Waals surface area contributed by atoms with Crippen LogP contribution in [0.5, 0.6) is 0 Å². The van der Waals surface area contributed by atoms with E-state index in [1.165, 1.54) is 6.92 Å². The van der Waals surface area contributed by atoms with E-state index >= 15 is 0 Å². The molecule has 2 aromatic carbocycles. The molecule has 12 heteroatoms. The van der Waals surface area contributed by atoms with E-state index in [1.807, 2.05) is 6.07 Å². The lowest BCUT2D eigenvalue weighted by Gasteiger charge is -2.52. The topological polar surface area (TPSA) is 156 Å². The summed E-state index contributed by atoms with van der Waals surface area (Å²) in [6.07, 6.45) is -2.37. The lowest BCUT2D eigenvalue weighted by molar-refractivity contribution is -0.207. The molecule has 2 aliphatic heterocycles. The number of carbonyl (C=O) groups excluding carboxylic acids is 4. The molecule has 0 aliphatic carbocycles. The standard InChI is InChI=1S/C26H28N4O8/c1-3-36-25(34)29-30-21(20(23(30)32)28-19(31)14-16-10-6-4-7-11-16)22-26(2,35)18(15-27-38-22)37-24(33)17-12-8-5-9-13-17/h4-13,15,18,20-22,35H,3,14H2,1-2H3,(H,28,31)(H,29,34)/t18-,20-,21-,22+,26+/m1/s1. The Hall–Kier alpha value is -4.45. The van der Waals surface area contributed by atoms with Crippen LogP contribution < -0.4 is 10.7 Å². The molecule has 0 aromatic heterocycles. The van der Waals surface area contributed by atoms with Crippen molar-refractivity contribution < 1.29 is 38.6 Å². The van der Waals surface area contributed by atoms with Crippen molar-refractivity contribution in [2.24, 2.45) is 5.16 Å². The molecule has 2 aliphatic rings. The summed E-state index contributed by atoms with van der Waals surface area (Å²) in [7, 11) is 0. The van der Waals surface area contributed by atoms with E-state index in [4.69, 9.17) is 14.3 Å². The molecule has 0 bridgehead atoms. The van der Waals surface area contributed by atoms with Gasteiger partial charge < -0.3 is 24.7 Å². The van der Waals surface area contributed by atoms with Gasteiger partial charge in [-0.15, -0.1) is 0 Å². The van der Waals surface area contributed by atoms with Gasteiger partial charge in [-0.25, -0.2) is 20.0 Å². The predicted molar refractivity (Wildman–Crippen MR) is 133 cm³/mol. The largest absolute Gasteiger partial charge is 0.450 e. The minimum Gasteiger partial charge on any atom is -0.450 e. The first kappa shape index (κ1) is 26.6. The Morgan fingerprint density at radius 3 is 2.42 bits per heavy atom. The molecule has 200 valence electrons. The van der Waals surface area contributed by atoms with Gasteiger partial charge >= 0.3 is 12.1 Å². The van der Waals surface area contributed by atoms with Crippen LogP contribution in [0.1, 0.15) is 29.8 Å². The zero-order valence-electron chi connectivity index (χ0n) is 20.8. The zero-order valence-corrected chi connectivity index (χ0v) is 20.8. The number of ether oxygens (including phenoxy) is 2. The first-order chi connectivity index (χ1) is 18.2. The maximum atomic E-state index is 13.0. The average Bonchev–Trinajstić information content (AvgIpc) is 2.90. The van der Waals surface area contributed by atoms with Crippen molar-refractivity contribution in [1.82, 2.24) is 15.8 Å². The van der Waals surface area contributed by atoms with Gasteiger partial charge in [0.2, 0.25) is 5.91 Å². The van der Waals surface area contributed by atoms with Crippen LogP contribution in [0.3, 0.4) is 0 Å². The molecule has 5 atom stereocenters. The molecule has 1 saturated heterocycles. The van der Waals surface area contributed by atoms with Gasteiger partial charge in [-0.05, 0) is 31.5 Å². The summed E-state index contributed by atoms with van der Waals surface area (Å²) in [5.41, 5.74) is 1.37. The third-order valence-corrected chi connectivity index (χ3v) is 6.23. The van der Waals surface area contributed by atoms with Crippen LogP contribution in [0.4, 0.5) is 4.79 Å². The molecular weight excluding hydrogens is 496 g/mol. The van der Waals surface area contributed by atoms with E-state index in [2.05, 4.69) is 15.9 Å². The monoisotopic (exact) mass is 524 g/mol. The lowest BCUT2D eigenvalue weighted by atomic mass is 9.80. The summed E-state index contributed by atoms with van der Waals surface area (Å²) >= 11 is 0. The number of hydrazine groups is 1. The van der Waals surface area contributed by atoms with E-state index in [0.717, 1.165) is 16.8 Å². The summed E-state index contributed by atoms with van der Waals surface area (Å²) in [5.74, 6) is -1.82. The Morgan fingerprint density at radius 1 is 1.11 bits per heavy atom. The maximum absolute atomic E-state index is 13.0. The van der Waals surface area contributed by atoms with E-state index in [9.17, 15) is 24.3 Å². The van der Waals surface area contributed by atoms with Crippen LogP contribution in [-0.4, -0.2) is 76.7 Å². The molecule has 0 radical (unpaired) electrons. The summed E-state index contributed by atoms with van der Waals surface area (Å²) in [4.78, 5) is 55.9. The van der Waals surface area contributed by atoms with Gasteiger partial charge in [0.1, 0.15) is 17.7 Å². The van der Waals surface area contributed by atoms with Crippen LogP contribution in [0.2, 0.25) is 0 Å². The molecule has 0 saturated carbocycles. The van der Waals surface area contributed by atoms with E-state index in [0.29, 0.717) is 0 Å². The fourth-order valence-electron chi connectivity index (χ4n) is 4.26. The summed E-state index contributed by atoms with van der Waals surface area (Å²) in [6, 6.07) is 14.8. The Bertz CT molecular complexity index is 1200. The highest BCUT2D eigenvalue weighted by atomic mass is 16.7. The maximum Gasteiger partial charge on any atom is 0.426 e. The molecule has 3 amide bonds. The quantitative estimate of drug-likeness (QED) is 0.340. The van der Waals surface area contributed by atoms with Gasteiger partial charge in [0.05, 0.1) is 24.8 Å². The highest BCUT2D eigenvalue weighted by Gasteiger charge is 2.62. The van der Waals surface area contributed by atoms with E-state index in [-0.39, 0.29) is 18.6 Å². The number of oxime groups is 1. The molecule has 2 aromatic rings. The number of nitrogens with zero attached hydrogens (tertiary/aromatic N) is 2. The number of hydrogen-bond donors (Lipinski definition) is 3. The molecule has 4 rings (SSSR count). The predicted octanol–water partition coefficient (Wildman–Crippen LogP) is 0.947. The Balaban J connectivity index is 1.54. The summed E-state index contributed by atoms with van der Waals surface area (Å²) in [5, 5.41) is 18.8. The van der Waals surface area contributed by atoms with Gasteiger partial charge in [0.15, 0.2) is 12.2 Å². The van der Waals surface area contributed by atoms with Crippen molar-refractivity contribution >= 4 is 30.1 Å². The highest BCUT2D eigenvalue weighted by Crippen LogP contribution is 2.34. The van der Waals surface area contributed by atoms with Gasteiger partial charge in [-0.1, -0.05) is 53.7 Å². The fraction of sp³-hybridized carbons (Fsp3) is 0.346. The number of rotatable bonds is 8. The van der Waals surface area contributed by atoms with Gasteiger partial charge in [-0.3, -0.25) is 9.59 Å². The minimum atomic E-state index is -1.92. The van der Waals surface area contributed by atoms with Crippen LogP contribution >= 0.6 is 0 Å². The molecule has 3 N–H and O–H groups in total. The van der Waals surface area contributed by atoms with Gasteiger partial charge in [-0.2, -0.15) is 0 Å². The number of amides is 3. The number of hydrogen-bond acceptors (Lipinski definition) is 9. The van der Waals surface area contributed by atoms with Crippen LogP contribution in [0.15, 0.2) is 65.8 Å². The summed E-state index contributed by atoms with van der Waals surface area (Å²) in [6.45, 7) is 2.99. The third-order valence-electron chi connectivity index (χ3n) is 6.23. The Kier molecular flexibility index (Phi) is 7.91. The van der Waals surface area contributed by atoms with Crippen molar-refractivity contribution in [1.29, 1.82) is 0 Å². The van der Waals surface area contributed by atoms with Crippen LogP contribution in [0.25, 0.3) is 0 Å². The first-order valence-corrected chi connectivity index (χ1v) is 12.0. The number of β-lactam (4-membered cyclic amide) rings is 1. The summed E-state index contributed by atoms with van der Waals surface area (Å²) < 4.78 is 10.4. The second kappa shape index (κ2) is 11.3. The molecule has 1 fully saturated rings. The Morgan fingerprint density at radius 2 is 1.76 bits per heavy atom. The molecule has 2 heterocycles. The molecule has 12 nitrogen and oxygen atoms in total. The number of aliphatic hydroxyl groups is 1. The van der Waals surface area contributed by atoms with E-state index in [1.54, 1.807) is 61.5 Å². The molecule has 38 heavy (non-hydrogen) atoms. The number of nitrogens with one attached hydrogen (secondary N) is 2. The average molecular weight is 525 g/mol.